The first kappa shape index (κ1) is 20.3. The summed E-state index contributed by atoms with van der Waals surface area (Å²) in [6, 6.07) is 12.4. The summed E-state index contributed by atoms with van der Waals surface area (Å²) in [7, 11) is -3.70. The normalized spacial score (nSPS) is 22.9. The summed E-state index contributed by atoms with van der Waals surface area (Å²) in [5.74, 6) is -0.275. The van der Waals surface area contributed by atoms with Crippen LogP contribution in [0.2, 0.25) is 5.02 Å². The number of hydrogen-bond donors (Lipinski definition) is 0. The fourth-order valence-corrected chi connectivity index (χ4v) is 5.59. The van der Waals surface area contributed by atoms with E-state index < -0.39 is 15.8 Å². The number of amides is 1. The molecule has 29 heavy (non-hydrogen) atoms. The lowest BCUT2D eigenvalue weighted by atomic mass is 10.1. The molecule has 8 heteroatoms. The molecule has 2 atom stereocenters. The molecule has 2 aromatic rings. The highest BCUT2D eigenvalue weighted by Gasteiger charge is 2.46. The first-order valence-electron chi connectivity index (χ1n) is 9.66. The average molecular weight is 437 g/mol. The lowest BCUT2D eigenvalue weighted by molar-refractivity contribution is -0.132. The van der Waals surface area contributed by atoms with Crippen LogP contribution in [0.15, 0.2) is 53.4 Å². The zero-order chi connectivity index (χ0) is 20.6. The molecule has 1 aliphatic heterocycles. The summed E-state index contributed by atoms with van der Waals surface area (Å²) in [5.41, 5.74) is 1.08. The monoisotopic (exact) mass is 436 g/mol. The first-order valence-corrected chi connectivity index (χ1v) is 11.5. The van der Waals surface area contributed by atoms with E-state index >= 15 is 0 Å². The summed E-state index contributed by atoms with van der Waals surface area (Å²) in [6.45, 7) is 1.47. The molecule has 0 radical (unpaired) electrons. The van der Waals surface area contributed by atoms with E-state index in [9.17, 15) is 17.6 Å². The van der Waals surface area contributed by atoms with Crippen molar-refractivity contribution in [2.75, 3.05) is 26.2 Å². The van der Waals surface area contributed by atoms with Gasteiger partial charge >= 0.3 is 0 Å². The van der Waals surface area contributed by atoms with E-state index in [1.807, 2.05) is 24.3 Å². The predicted octanol–water partition coefficient (Wildman–Crippen LogP) is 3.51. The van der Waals surface area contributed by atoms with E-state index in [0.29, 0.717) is 31.1 Å². The molecule has 0 bridgehead atoms. The smallest absolute Gasteiger partial charge is 0.243 e. The van der Waals surface area contributed by atoms with Gasteiger partial charge in [-0.25, -0.2) is 12.8 Å². The molecule has 0 aromatic heterocycles. The van der Waals surface area contributed by atoms with Crippen molar-refractivity contribution < 1.29 is 17.6 Å². The summed E-state index contributed by atoms with van der Waals surface area (Å²) >= 11 is 6.05. The maximum Gasteiger partial charge on any atom is 0.243 e. The van der Waals surface area contributed by atoms with Gasteiger partial charge in [-0.05, 0) is 60.7 Å². The maximum absolute atomic E-state index is 13.1. The number of halogens is 2. The first-order chi connectivity index (χ1) is 13.9. The van der Waals surface area contributed by atoms with E-state index in [0.717, 1.165) is 24.1 Å². The van der Waals surface area contributed by atoms with E-state index in [1.165, 1.54) is 16.4 Å². The third-order valence-corrected chi connectivity index (χ3v) is 7.75. The SMILES string of the molecule is O=C(C1CC1c1cccc(Cl)c1)N1CCCN(S(=O)(=O)c2ccc(F)cc2)CC1. The van der Waals surface area contributed by atoms with Gasteiger partial charge < -0.3 is 4.90 Å². The molecule has 0 N–H and O–H groups in total. The Hall–Kier alpha value is -1.96. The van der Waals surface area contributed by atoms with Crippen LogP contribution < -0.4 is 0 Å². The highest BCUT2D eigenvalue weighted by atomic mass is 35.5. The van der Waals surface area contributed by atoms with Crippen LogP contribution in [0.5, 0.6) is 0 Å². The Kier molecular flexibility index (Phi) is 5.64. The average Bonchev–Trinajstić information content (AvgIpc) is 3.51. The fraction of sp³-hybridized carbons (Fsp3) is 0.381. The van der Waals surface area contributed by atoms with Crippen molar-refractivity contribution in [1.82, 2.24) is 9.21 Å². The maximum atomic E-state index is 13.1. The van der Waals surface area contributed by atoms with Gasteiger partial charge in [0.25, 0.3) is 0 Å². The molecule has 1 aliphatic carbocycles. The molecule has 1 saturated heterocycles. The van der Waals surface area contributed by atoms with Crippen molar-refractivity contribution in [3.05, 3.63) is 64.9 Å². The fourth-order valence-electron chi connectivity index (χ4n) is 3.92. The molecule has 2 unspecified atom stereocenters. The van der Waals surface area contributed by atoms with Gasteiger partial charge in [0.05, 0.1) is 4.90 Å². The molecule has 1 saturated carbocycles. The molecular formula is C21H22ClFN2O3S. The van der Waals surface area contributed by atoms with Crippen LogP contribution in [-0.2, 0) is 14.8 Å². The van der Waals surface area contributed by atoms with Crippen molar-refractivity contribution in [3.8, 4) is 0 Å². The zero-order valence-electron chi connectivity index (χ0n) is 15.8. The number of hydrogen-bond acceptors (Lipinski definition) is 3. The standard InChI is InChI=1S/C21H22ClFN2O3S/c22-16-4-1-3-15(13-16)19-14-20(19)21(26)24-9-2-10-25(12-11-24)29(27,28)18-7-5-17(23)6-8-18/h1,3-8,13,19-20H,2,9-12,14H2. The molecule has 0 spiro atoms. The van der Waals surface area contributed by atoms with Gasteiger partial charge in [0.15, 0.2) is 0 Å². The quantitative estimate of drug-likeness (QED) is 0.737. The summed E-state index contributed by atoms with van der Waals surface area (Å²) < 4.78 is 40.2. The number of sulfonamides is 1. The largest absolute Gasteiger partial charge is 0.341 e. The number of rotatable bonds is 4. The Morgan fingerprint density at radius 3 is 2.52 bits per heavy atom. The van der Waals surface area contributed by atoms with Gasteiger partial charge in [-0.15, -0.1) is 0 Å². The Morgan fingerprint density at radius 1 is 1.03 bits per heavy atom. The number of nitrogens with zero attached hydrogens (tertiary/aromatic N) is 2. The van der Waals surface area contributed by atoms with E-state index in [-0.39, 0.29) is 29.2 Å². The van der Waals surface area contributed by atoms with Crippen molar-refractivity contribution >= 4 is 27.5 Å². The van der Waals surface area contributed by atoms with Gasteiger partial charge in [0, 0.05) is 37.1 Å². The molecule has 5 nitrogen and oxygen atoms in total. The Bertz CT molecular complexity index is 1010. The van der Waals surface area contributed by atoms with Gasteiger partial charge in [-0.2, -0.15) is 4.31 Å². The van der Waals surface area contributed by atoms with E-state index in [1.54, 1.807) is 4.90 Å². The molecule has 1 heterocycles. The van der Waals surface area contributed by atoms with Gasteiger partial charge in [-0.1, -0.05) is 23.7 Å². The van der Waals surface area contributed by atoms with Crippen molar-refractivity contribution in [2.24, 2.45) is 5.92 Å². The second-order valence-electron chi connectivity index (χ2n) is 7.54. The van der Waals surface area contributed by atoms with Crippen LogP contribution in [0.1, 0.15) is 24.3 Å². The lowest BCUT2D eigenvalue weighted by Gasteiger charge is -2.22. The minimum absolute atomic E-state index is 0.0614. The van der Waals surface area contributed by atoms with Crippen LogP contribution in [0, 0.1) is 11.7 Å². The molecule has 2 fully saturated rings. The van der Waals surface area contributed by atoms with Crippen molar-refractivity contribution in [1.29, 1.82) is 0 Å². The Morgan fingerprint density at radius 2 is 1.79 bits per heavy atom. The van der Waals surface area contributed by atoms with Crippen LogP contribution in [-0.4, -0.2) is 49.7 Å². The molecule has 2 aliphatic rings. The molecular weight excluding hydrogens is 415 g/mol. The highest BCUT2D eigenvalue weighted by molar-refractivity contribution is 7.89. The van der Waals surface area contributed by atoms with Crippen LogP contribution >= 0.6 is 11.6 Å². The number of benzene rings is 2. The summed E-state index contributed by atoms with van der Waals surface area (Å²) in [4.78, 5) is 14.8. The Labute approximate surface area is 175 Å². The van der Waals surface area contributed by atoms with Gasteiger partial charge in [0.1, 0.15) is 5.82 Å². The predicted molar refractivity (Wildman–Crippen MR) is 109 cm³/mol. The van der Waals surface area contributed by atoms with Gasteiger partial charge in [-0.3, -0.25) is 4.79 Å². The third-order valence-electron chi connectivity index (χ3n) is 5.60. The molecule has 2 aromatic carbocycles. The minimum Gasteiger partial charge on any atom is -0.341 e. The molecule has 154 valence electrons. The number of carbonyl (C=O) groups excluding carboxylic acids is 1. The summed E-state index contributed by atoms with van der Waals surface area (Å²) in [5, 5.41) is 0.664. The number of carbonyl (C=O) groups is 1. The van der Waals surface area contributed by atoms with Crippen LogP contribution in [0.25, 0.3) is 0 Å². The lowest BCUT2D eigenvalue weighted by Crippen LogP contribution is -2.38. The molecule has 4 rings (SSSR count). The second kappa shape index (κ2) is 8.05. The van der Waals surface area contributed by atoms with Crippen molar-refractivity contribution in [3.63, 3.8) is 0 Å². The highest BCUT2D eigenvalue weighted by Crippen LogP contribution is 2.49. The third kappa shape index (κ3) is 4.32. The Balaban J connectivity index is 1.40. The molecule has 1 amide bonds. The topological polar surface area (TPSA) is 57.7 Å². The van der Waals surface area contributed by atoms with Crippen LogP contribution in [0.4, 0.5) is 4.39 Å². The zero-order valence-corrected chi connectivity index (χ0v) is 17.4. The van der Waals surface area contributed by atoms with Gasteiger partial charge in [0.2, 0.25) is 15.9 Å². The second-order valence-corrected chi connectivity index (χ2v) is 9.91. The summed E-state index contributed by atoms with van der Waals surface area (Å²) in [6.07, 6.45) is 1.37. The van der Waals surface area contributed by atoms with E-state index in [2.05, 4.69) is 0 Å². The van der Waals surface area contributed by atoms with Crippen LogP contribution in [0.3, 0.4) is 0 Å². The minimum atomic E-state index is -3.70. The van der Waals surface area contributed by atoms with E-state index in [4.69, 9.17) is 11.6 Å². The van der Waals surface area contributed by atoms with Crippen molar-refractivity contribution in [2.45, 2.75) is 23.7 Å².